The number of sulfonamides is 1. The largest absolute Gasteiger partial charge is 0.447 e. The van der Waals surface area contributed by atoms with Crippen LogP contribution in [0.1, 0.15) is 18.6 Å². The van der Waals surface area contributed by atoms with Gasteiger partial charge in [0.1, 0.15) is 12.4 Å². The maximum absolute atomic E-state index is 12.8. The highest BCUT2D eigenvalue weighted by Crippen LogP contribution is 2.20. The molecule has 0 aromatic carbocycles. The first-order chi connectivity index (χ1) is 9.32. The van der Waals surface area contributed by atoms with Crippen LogP contribution in [0.4, 0.5) is 8.78 Å². The highest BCUT2D eigenvalue weighted by atomic mass is 32.2. The van der Waals surface area contributed by atoms with Crippen molar-refractivity contribution in [2.75, 3.05) is 13.2 Å². The molecule has 9 heteroatoms. The Bertz CT molecular complexity index is 555. The minimum atomic E-state index is -4.14. The van der Waals surface area contributed by atoms with Crippen molar-refractivity contribution in [1.29, 1.82) is 0 Å². The summed E-state index contributed by atoms with van der Waals surface area (Å²) in [5, 5.41) is 11.1. The number of nitrogens with one attached hydrogen (secondary N) is 2. The molecule has 0 bridgehead atoms. The van der Waals surface area contributed by atoms with E-state index in [1.54, 1.807) is 4.72 Å². The summed E-state index contributed by atoms with van der Waals surface area (Å²) in [6, 6.07) is 3.14. The van der Waals surface area contributed by atoms with Gasteiger partial charge < -0.3 is 14.8 Å². The van der Waals surface area contributed by atoms with E-state index in [2.05, 4.69) is 5.32 Å². The van der Waals surface area contributed by atoms with Crippen LogP contribution in [0, 0.1) is 0 Å². The fourth-order valence-electron chi connectivity index (χ4n) is 1.46. The Hall–Kier alpha value is -1.03. The number of alkyl halides is 2. The van der Waals surface area contributed by atoms with Gasteiger partial charge >= 0.3 is 0 Å². The average molecular weight is 310 g/mol. The van der Waals surface area contributed by atoms with Crippen LogP contribution in [0.25, 0.3) is 0 Å². The summed E-state index contributed by atoms with van der Waals surface area (Å²) >= 11 is 0. The van der Waals surface area contributed by atoms with Crippen molar-refractivity contribution in [3.05, 3.63) is 17.9 Å². The molecule has 0 amide bonds. The Kier molecular flexibility index (Phi) is 4.43. The van der Waals surface area contributed by atoms with E-state index in [9.17, 15) is 17.2 Å². The topological polar surface area (TPSA) is 91.6 Å². The van der Waals surface area contributed by atoms with E-state index in [4.69, 9.17) is 9.52 Å². The van der Waals surface area contributed by atoms with Gasteiger partial charge in [0.25, 0.3) is 15.9 Å². The zero-order chi connectivity index (χ0) is 14.8. The molecule has 20 heavy (non-hydrogen) atoms. The second kappa shape index (κ2) is 5.76. The molecule has 1 fully saturated rings. The van der Waals surface area contributed by atoms with Crippen molar-refractivity contribution in [2.45, 2.75) is 36.4 Å². The highest BCUT2D eigenvalue weighted by molar-refractivity contribution is 7.89. The molecule has 0 saturated heterocycles. The van der Waals surface area contributed by atoms with Crippen molar-refractivity contribution in [3.63, 3.8) is 0 Å². The molecule has 0 unspecified atom stereocenters. The predicted octanol–water partition coefficient (Wildman–Crippen LogP) is 0.438. The van der Waals surface area contributed by atoms with Crippen LogP contribution in [0.5, 0.6) is 0 Å². The van der Waals surface area contributed by atoms with Crippen molar-refractivity contribution in [3.8, 4) is 0 Å². The second-order valence-electron chi connectivity index (χ2n) is 4.71. The van der Waals surface area contributed by atoms with Gasteiger partial charge in [0, 0.05) is 6.04 Å². The minimum absolute atomic E-state index is 0.396. The van der Waals surface area contributed by atoms with Gasteiger partial charge in [-0.25, -0.2) is 21.9 Å². The van der Waals surface area contributed by atoms with Gasteiger partial charge in [0.2, 0.25) is 5.09 Å². The SMILES string of the molecule is O=S(=O)(NCC(F)(F)CO)c1ccc(CNC2CC2)o1. The molecule has 1 aliphatic carbocycles. The number of rotatable bonds is 8. The standard InChI is InChI=1S/C11H16F2N2O4S/c12-11(13,7-16)6-15-20(17,18)10-4-3-9(19-10)5-14-8-1-2-8/h3-4,8,14-16H,1-2,5-7H2. The van der Waals surface area contributed by atoms with Crippen molar-refractivity contribution in [1.82, 2.24) is 10.0 Å². The first-order valence-corrected chi connectivity index (χ1v) is 7.61. The number of hydrogen-bond acceptors (Lipinski definition) is 5. The molecular weight excluding hydrogens is 294 g/mol. The third-order valence-electron chi connectivity index (χ3n) is 2.80. The van der Waals surface area contributed by atoms with Crippen LogP contribution in [0.2, 0.25) is 0 Å². The van der Waals surface area contributed by atoms with E-state index in [-0.39, 0.29) is 0 Å². The second-order valence-corrected chi connectivity index (χ2v) is 6.41. The Morgan fingerprint density at radius 1 is 1.40 bits per heavy atom. The molecule has 3 N–H and O–H groups in total. The summed E-state index contributed by atoms with van der Waals surface area (Å²) < 4.78 is 55.9. The summed E-state index contributed by atoms with van der Waals surface area (Å²) in [4.78, 5) is 0. The highest BCUT2D eigenvalue weighted by Gasteiger charge is 2.31. The van der Waals surface area contributed by atoms with Gasteiger partial charge in [0.05, 0.1) is 13.1 Å². The molecule has 0 aliphatic heterocycles. The van der Waals surface area contributed by atoms with E-state index in [0.717, 1.165) is 12.8 Å². The number of hydrogen-bond donors (Lipinski definition) is 3. The van der Waals surface area contributed by atoms with E-state index in [0.29, 0.717) is 18.3 Å². The molecule has 1 saturated carbocycles. The Morgan fingerprint density at radius 3 is 2.70 bits per heavy atom. The predicted molar refractivity (Wildman–Crippen MR) is 65.8 cm³/mol. The maximum Gasteiger partial charge on any atom is 0.283 e. The summed E-state index contributed by atoms with van der Waals surface area (Å²) in [6.45, 7) is -2.21. The van der Waals surface area contributed by atoms with Gasteiger partial charge in [-0.3, -0.25) is 0 Å². The lowest BCUT2D eigenvalue weighted by Gasteiger charge is -2.13. The molecular formula is C11H16F2N2O4S. The minimum Gasteiger partial charge on any atom is -0.447 e. The molecule has 1 aliphatic rings. The lowest BCUT2D eigenvalue weighted by Crippen LogP contribution is -2.38. The molecule has 6 nitrogen and oxygen atoms in total. The molecule has 0 atom stereocenters. The smallest absolute Gasteiger partial charge is 0.283 e. The molecule has 1 aromatic heterocycles. The molecule has 114 valence electrons. The zero-order valence-corrected chi connectivity index (χ0v) is 11.4. The van der Waals surface area contributed by atoms with Gasteiger partial charge in [-0.15, -0.1) is 0 Å². The molecule has 1 heterocycles. The quantitative estimate of drug-likeness (QED) is 0.648. The summed E-state index contributed by atoms with van der Waals surface area (Å²) in [7, 11) is -4.14. The summed E-state index contributed by atoms with van der Waals surface area (Å²) in [5.74, 6) is -3.08. The van der Waals surface area contributed by atoms with Crippen LogP contribution in [-0.4, -0.2) is 38.6 Å². The summed E-state index contributed by atoms with van der Waals surface area (Å²) in [5.41, 5.74) is 0. The fourth-order valence-corrected chi connectivity index (χ4v) is 2.47. The Morgan fingerprint density at radius 2 is 2.10 bits per heavy atom. The normalized spacial score (nSPS) is 16.6. The summed E-state index contributed by atoms with van der Waals surface area (Å²) in [6.07, 6.45) is 2.17. The van der Waals surface area contributed by atoms with Crippen LogP contribution in [-0.2, 0) is 16.6 Å². The maximum atomic E-state index is 12.8. The number of aliphatic hydroxyl groups is 1. The van der Waals surface area contributed by atoms with Gasteiger partial charge in [-0.1, -0.05) is 0 Å². The monoisotopic (exact) mass is 310 g/mol. The van der Waals surface area contributed by atoms with Crippen molar-refractivity contribution in [2.24, 2.45) is 0 Å². The third kappa shape index (κ3) is 4.23. The number of aliphatic hydroxyl groups excluding tert-OH is 1. The molecule has 0 spiro atoms. The molecule has 1 aromatic rings. The third-order valence-corrected chi connectivity index (χ3v) is 4.07. The van der Waals surface area contributed by atoms with Crippen LogP contribution >= 0.6 is 0 Å². The number of halogens is 2. The Labute approximate surface area is 115 Å². The lowest BCUT2D eigenvalue weighted by atomic mass is 10.4. The first kappa shape index (κ1) is 15.4. The van der Waals surface area contributed by atoms with Gasteiger partial charge in [0.15, 0.2) is 0 Å². The van der Waals surface area contributed by atoms with E-state index >= 15 is 0 Å². The zero-order valence-electron chi connectivity index (χ0n) is 10.6. The van der Waals surface area contributed by atoms with E-state index < -0.39 is 34.2 Å². The molecule has 0 radical (unpaired) electrons. The van der Waals surface area contributed by atoms with E-state index in [1.807, 2.05) is 0 Å². The van der Waals surface area contributed by atoms with E-state index in [1.165, 1.54) is 12.1 Å². The fraction of sp³-hybridized carbons (Fsp3) is 0.636. The average Bonchev–Trinajstić information content (AvgIpc) is 3.10. The van der Waals surface area contributed by atoms with Crippen LogP contribution < -0.4 is 10.0 Å². The molecule has 2 rings (SSSR count). The van der Waals surface area contributed by atoms with Crippen LogP contribution in [0.3, 0.4) is 0 Å². The van der Waals surface area contributed by atoms with Crippen molar-refractivity contribution >= 4 is 10.0 Å². The Balaban J connectivity index is 1.94. The first-order valence-electron chi connectivity index (χ1n) is 6.13. The van der Waals surface area contributed by atoms with Gasteiger partial charge in [-0.05, 0) is 25.0 Å². The lowest BCUT2D eigenvalue weighted by molar-refractivity contribution is -0.0437. The van der Waals surface area contributed by atoms with Crippen molar-refractivity contribution < 1.29 is 26.7 Å². The van der Waals surface area contributed by atoms with Crippen LogP contribution in [0.15, 0.2) is 21.6 Å². The number of furan rings is 1. The van der Waals surface area contributed by atoms with Gasteiger partial charge in [-0.2, -0.15) is 0 Å².